The van der Waals surface area contributed by atoms with E-state index in [1.807, 2.05) is 30.6 Å². The van der Waals surface area contributed by atoms with Crippen LogP contribution in [-0.2, 0) is 6.42 Å². The van der Waals surface area contributed by atoms with E-state index >= 15 is 0 Å². The Morgan fingerprint density at radius 1 is 1.09 bits per heavy atom. The molecular formula is C19H16N2S. The van der Waals surface area contributed by atoms with Crippen LogP contribution in [0.5, 0.6) is 0 Å². The molecule has 2 aromatic heterocycles. The summed E-state index contributed by atoms with van der Waals surface area (Å²) >= 11 is 1.61. The van der Waals surface area contributed by atoms with Crippen molar-refractivity contribution in [1.29, 1.82) is 0 Å². The molecule has 0 N–H and O–H groups in total. The largest absolute Gasteiger partial charge is 0.255 e. The summed E-state index contributed by atoms with van der Waals surface area (Å²) in [6, 6.07) is 12.4. The normalized spacial score (nSPS) is 10.1. The topological polar surface area (TPSA) is 25.8 Å². The summed E-state index contributed by atoms with van der Waals surface area (Å²) in [5.74, 6) is 6.19. The Hall–Kier alpha value is -2.44. The van der Waals surface area contributed by atoms with Gasteiger partial charge in [0.15, 0.2) is 0 Å². The quantitative estimate of drug-likeness (QED) is 0.653. The van der Waals surface area contributed by atoms with Gasteiger partial charge in [0.25, 0.3) is 0 Å². The predicted octanol–water partition coefficient (Wildman–Crippen LogP) is 4.48. The van der Waals surface area contributed by atoms with Gasteiger partial charge in [0.05, 0.1) is 10.7 Å². The highest BCUT2D eigenvalue weighted by atomic mass is 32.1. The minimum absolute atomic E-state index is 0.822. The van der Waals surface area contributed by atoms with Crippen LogP contribution in [0.25, 0.3) is 11.3 Å². The molecule has 0 unspecified atom stereocenters. The van der Waals surface area contributed by atoms with Gasteiger partial charge in [0.2, 0.25) is 0 Å². The second-order valence-corrected chi connectivity index (χ2v) is 6.01. The molecule has 0 aliphatic heterocycles. The number of rotatable bonds is 2. The van der Waals surface area contributed by atoms with Crippen LogP contribution < -0.4 is 0 Å². The van der Waals surface area contributed by atoms with Crippen molar-refractivity contribution in [1.82, 2.24) is 9.97 Å². The molecule has 0 aliphatic rings. The summed E-state index contributed by atoms with van der Waals surface area (Å²) in [7, 11) is 0. The fraction of sp³-hybridized carbons (Fsp3) is 0.158. The molecule has 0 bridgehead atoms. The van der Waals surface area contributed by atoms with Crippen molar-refractivity contribution in [3.63, 3.8) is 0 Å². The fourth-order valence-corrected chi connectivity index (χ4v) is 2.81. The molecule has 3 aromatic rings. The minimum atomic E-state index is 0.822. The molecule has 0 atom stereocenters. The highest BCUT2D eigenvalue weighted by Gasteiger charge is 2.03. The molecular weight excluding hydrogens is 288 g/mol. The van der Waals surface area contributed by atoms with Crippen molar-refractivity contribution in [3.8, 4) is 23.1 Å². The lowest BCUT2D eigenvalue weighted by Gasteiger charge is -2.06. The lowest BCUT2D eigenvalue weighted by atomic mass is 10.0. The Morgan fingerprint density at radius 3 is 2.64 bits per heavy atom. The van der Waals surface area contributed by atoms with Crippen molar-refractivity contribution in [2.24, 2.45) is 0 Å². The Labute approximate surface area is 134 Å². The maximum atomic E-state index is 4.55. The van der Waals surface area contributed by atoms with E-state index in [4.69, 9.17) is 0 Å². The summed E-state index contributed by atoms with van der Waals surface area (Å²) < 4.78 is 0. The van der Waals surface area contributed by atoms with Gasteiger partial charge in [0, 0.05) is 22.7 Å². The number of benzene rings is 1. The van der Waals surface area contributed by atoms with Crippen molar-refractivity contribution in [3.05, 3.63) is 69.8 Å². The maximum Gasteiger partial charge on any atom is 0.124 e. The first kappa shape index (κ1) is 14.5. The van der Waals surface area contributed by atoms with E-state index in [0.29, 0.717) is 0 Å². The average Bonchev–Trinajstić information content (AvgIpc) is 2.99. The summed E-state index contributed by atoms with van der Waals surface area (Å²) in [4.78, 5) is 8.89. The van der Waals surface area contributed by atoms with E-state index in [0.717, 1.165) is 28.4 Å². The fourth-order valence-electron chi connectivity index (χ4n) is 2.26. The number of aryl methyl sites for hydroxylation is 2. The molecule has 0 aliphatic carbocycles. The standard InChI is InChI=1S/C19H16N2S/c1-3-16-6-4-5-7-18(16)19-11-9-15(12-20-19)8-10-17-13-22-14(2)21-17/h4-7,9,11-13H,3H2,1-2H3. The number of pyridine rings is 1. The molecule has 22 heavy (non-hydrogen) atoms. The number of hydrogen-bond donors (Lipinski definition) is 0. The average molecular weight is 304 g/mol. The van der Waals surface area contributed by atoms with Gasteiger partial charge in [-0.2, -0.15) is 0 Å². The molecule has 0 saturated carbocycles. The molecule has 3 heteroatoms. The first-order valence-corrected chi connectivity index (χ1v) is 8.12. The zero-order chi connectivity index (χ0) is 15.4. The van der Waals surface area contributed by atoms with Crippen LogP contribution in [0.2, 0.25) is 0 Å². The lowest BCUT2D eigenvalue weighted by Crippen LogP contribution is -1.90. The van der Waals surface area contributed by atoms with E-state index in [-0.39, 0.29) is 0 Å². The zero-order valence-electron chi connectivity index (χ0n) is 12.6. The SMILES string of the molecule is CCc1ccccc1-c1ccc(C#Cc2csc(C)n2)cn1. The van der Waals surface area contributed by atoms with Crippen LogP contribution in [0, 0.1) is 18.8 Å². The van der Waals surface area contributed by atoms with E-state index in [2.05, 4.69) is 53.0 Å². The van der Waals surface area contributed by atoms with Gasteiger partial charge < -0.3 is 0 Å². The monoisotopic (exact) mass is 304 g/mol. The molecule has 0 amide bonds. The molecule has 3 rings (SSSR count). The number of thiazole rings is 1. The van der Waals surface area contributed by atoms with Crippen molar-refractivity contribution in [2.45, 2.75) is 20.3 Å². The summed E-state index contributed by atoms with van der Waals surface area (Å²) in [5, 5.41) is 3.01. The molecule has 0 fully saturated rings. The number of hydrogen-bond acceptors (Lipinski definition) is 3. The maximum absolute atomic E-state index is 4.55. The van der Waals surface area contributed by atoms with E-state index in [1.165, 1.54) is 11.1 Å². The van der Waals surface area contributed by atoms with E-state index < -0.39 is 0 Å². The first-order chi connectivity index (χ1) is 10.8. The third-order valence-corrected chi connectivity index (χ3v) is 4.17. The smallest absolute Gasteiger partial charge is 0.124 e. The second-order valence-electron chi connectivity index (χ2n) is 4.94. The first-order valence-electron chi connectivity index (χ1n) is 7.24. The Kier molecular flexibility index (Phi) is 4.32. The number of nitrogens with zero attached hydrogens (tertiary/aromatic N) is 2. The summed E-state index contributed by atoms with van der Waals surface area (Å²) in [6.45, 7) is 4.14. The Balaban J connectivity index is 1.86. The van der Waals surface area contributed by atoms with Crippen LogP contribution >= 0.6 is 11.3 Å². The molecule has 0 radical (unpaired) electrons. The highest BCUT2D eigenvalue weighted by Crippen LogP contribution is 2.22. The van der Waals surface area contributed by atoms with Crippen molar-refractivity contribution >= 4 is 11.3 Å². The lowest BCUT2D eigenvalue weighted by molar-refractivity contribution is 1.13. The van der Waals surface area contributed by atoms with Gasteiger partial charge in [-0.05, 0) is 37.0 Å². The summed E-state index contributed by atoms with van der Waals surface area (Å²) in [5.41, 5.74) is 5.23. The van der Waals surface area contributed by atoms with Crippen LogP contribution in [-0.4, -0.2) is 9.97 Å². The summed E-state index contributed by atoms with van der Waals surface area (Å²) in [6.07, 6.45) is 2.83. The molecule has 0 saturated heterocycles. The van der Waals surface area contributed by atoms with Crippen LogP contribution in [0.15, 0.2) is 48.0 Å². The third-order valence-electron chi connectivity index (χ3n) is 3.39. The molecule has 2 heterocycles. The van der Waals surface area contributed by atoms with Gasteiger partial charge >= 0.3 is 0 Å². The van der Waals surface area contributed by atoms with Gasteiger partial charge in [-0.25, -0.2) is 4.98 Å². The highest BCUT2D eigenvalue weighted by molar-refractivity contribution is 7.09. The molecule has 0 spiro atoms. The van der Waals surface area contributed by atoms with Crippen LogP contribution in [0.4, 0.5) is 0 Å². The van der Waals surface area contributed by atoms with E-state index in [9.17, 15) is 0 Å². The minimum Gasteiger partial charge on any atom is -0.255 e. The van der Waals surface area contributed by atoms with Crippen molar-refractivity contribution < 1.29 is 0 Å². The van der Waals surface area contributed by atoms with Gasteiger partial charge in [-0.3, -0.25) is 4.98 Å². The Bertz CT molecular complexity index is 836. The molecule has 108 valence electrons. The Morgan fingerprint density at radius 2 is 1.95 bits per heavy atom. The second kappa shape index (κ2) is 6.55. The van der Waals surface area contributed by atoms with Gasteiger partial charge in [-0.15, -0.1) is 11.3 Å². The van der Waals surface area contributed by atoms with Crippen LogP contribution in [0.3, 0.4) is 0 Å². The molecule has 2 nitrogen and oxygen atoms in total. The number of aromatic nitrogens is 2. The van der Waals surface area contributed by atoms with Crippen LogP contribution in [0.1, 0.15) is 28.8 Å². The molecule has 1 aromatic carbocycles. The van der Waals surface area contributed by atoms with Gasteiger partial charge in [-0.1, -0.05) is 37.1 Å². The third kappa shape index (κ3) is 3.24. The van der Waals surface area contributed by atoms with Crippen molar-refractivity contribution in [2.75, 3.05) is 0 Å². The van der Waals surface area contributed by atoms with E-state index in [1.54, 1.807) is 11.3 Å². The van der Waals surface area contributed by atoms with Gasteiger partial charge in [0.1, 0.15) is 5.69 Å². The zero-order valence-corrected chi connectivity index (χ0v) is 13.4. The predicted molar refractivity (Wildman–Crippen MR) is 91.9 cm³/mol.